The summed E-state index contributed by atoms with van der Waals surface area (Å²) in [5.74, 6) is -1.35. The molecular weight excluding hydrogens is 406 g/mol. The molecule has 0 aromatic rings. The molecule has 32 heavy (non-hydrogen) atoms. The number of likely N-dealkylation sites (N-methyl/N-ethyl adjacent to an activating group) is 1. The number of aliphatic carboxylic acids is 1. The fourth-order valence-electron chi connectivity index (χ4n) is 4.34. The third-order valence-electron chi connectivity index (χ3n) is 6.91. The average molecular weight is 452 g/mol. The molecule has 1 fully saturated rings. The Bertz CT molecular complexity index is 699. The first kappa shape index (κ1) is 28.1. The Labute approximate surface area is 194 Å². The number of nitrogens with zero attached hydrogens (tertiary/aromatic N) is 2. The van der Waals surface area contributed by atoms with E-state index in [2.05, 4.69) is 31.0 Å². The van der Waals surface area contributed by atoms with Crippen molar-refractivity contribution in [1.29, 1.82) is 0 Å². The lowest BCUT2D eigenvalue weighted by molar-refractivity contribution is -0.141. The molecule has 1 rings (SSSR count). The fourth-order valence-corrected chi connectivity index (χ4v) is 4.34. The van der Waals surface area contributed by atoms with Crippen molar-refractivity contribution in [3.63, 3.8) is 0 Å². The number of piperidine rings is 1. The summed E-state index contributed by atoms with van der Waals surface area (Å²) in [7, 11) is 1.69. The van der Waals surface area contributed by atoms with Crippen LogP contribution in [0.4, 0.5) is 0 Å². The average Bonchev–Trinajstić information content (AvgIpc) is 2.73. The van der Waals surface area contributed by atoms with E-state index in [4.69, 9.17) is 0 Å². The van der Waals surface area contributed by atoms with Gasteiger partial charge in [0.1, 0.15) is 6.04 Å². The second kappa shape index (κ2) is 11.8. The number of carboxylic acids is 1. The van der Waals surface area contributed by atoms with Gasteiger partial charge in [0.05, 0.1) is 12.1 Å². The molecule has 0 bridgehead atoms. The Balaban J connectivity index is 3.11. The van der Waals surface area contributed by atoms with Crippen molar-refractivity contribution < 1.29 is 19.5 Å². The second-order valence-electron chi connectivity index (χ2n) is 10.4. The zero-order valence-electron chi connectivity index (χ0n) is 21.6. The largest absolute Gasteiger partial charge is 0.478 e. The molecule has 0 aromatic carbocycles. The lowest BCUT2D eigenvalue weighted by atomic mass is 9.90. The lowest BCUT2D eigenvalue weighted by Gasteiger charge is -2.45. The monoisotopic (exact) mass is 451 g/mol. The summed E-state index contributed by atoms with van der Waals surface area (Å²) in [6.07, 6.45) is 5.44. The van der Waals surface area contributed by atoms with Crippen LogP contribution in [0.5, 0.6) is 0 Å². The highest BCUT2D eigenvalue weighted by atomic mass is 16.4. The molecular formula is C25H45N3O4. The van der Waals surface area contributed by atoms with Crippen molar-refractivity contribution in [2.45, 2.75) is 105 Å². The minimum Gasteiger partial charge on any atom is -0.478 e. The Morgan fingerprint density at radius 2 is 1.75 bits per heavy atom. The fraction of sp³-hybridized carbons (Fsp3) is 0.800. The third-order valence-corrected chi connectivity index (χ3v) is 6.91. The van der Waals surface area contributed by atoms with Gasteiger partial charge in [-0.1, -0.05) is 47.1 Å². The number of rotatable bonds is 10. The molecule has 1 aliphatic heterocycles. The Hall–Kier alpha value is -1.89. The number of hydrogen-bond donors (Lipinski definition) is 2. The van der Waals surface area contributed by atoms with Crippen LogP contribution in [0.2, 0.25) is 0 Å². The van der Waals surface area contributed by atoms with Gasteiger partial charge in [-0.2, -0.15) is 0 Å². The van der Waals surface area contributed by atoms with Crippen molar-refractivity contribution in [1.82, 2.24) is 15.1 Å². The third kappa shape index (κ3) is 7.06. The lowest BCUT2D eigenvalue weighted by Crippen LogP contribution is -2.61. The molecule has 7 nitrogen and oxygen atoms in total. The van der Waals surface area contributed by atoms with Crippen LogP contribution < -0.4 is 5.32 Å². The Morgan fingerprint density at radius 3 is 2.22 bits per heavy atom. The molecule has 0 radical (unpaired) electrons. The quantitative estimate of drug-likeness (QED) is 0.495. The summed E-state index contributed by atoms with van der Waals surface area (Å²) < 4.78 is 0. The van der Waals surface area contributed by atoms with Crippen molar-refractivity contribution in [3.8, 4) is 0 Å². The van der Waals surface area contributed by atoms with Gasteiger partial charge in [0.25, 0.3) is 0 Å². The van der Waals surface area contributed by atoms with Gasteiger partial charge in [0.2, 0.25) is 11.8 Å². The van der Waals surface area contributed by atoms with E-state index >= 15 is 0 Å². The van der Waals surface area contributed by atoms with Gasteiger partial charge in [0.15, 0.2) is 0 Å². The normalized spacial score (nSPS) is 20.2. The SMILES string of the molecule is CCC(C)(C)N1CCCC[C@@H]1C(=O)N[C@H](C(=O)N(C)[C@H](C=C(C)C(=O)O)C(C)C)C(C)C. The van der Waals surface area contributed by atoms with E-state index in [9.17, 15) is 19.5 Å². The molecule has 1 saturated heterocycles. The van der Waals surface area contributed by atoms with Crippen LogP contribution in [0.15, 0.2) is 11.6 Å². The molecule has 0 saturated carbocycles. The van der Waals surface area contributed by atoms with Crippen LogP contribution in [0.1, 0.15) is 81.1 Å². The summed E-state index contributed by atoms with van der Waals surface area (Å²) in [5, 5.41) is 12.3. The van der Waals surface area contributed by atoms with E-state index in [-0.39, 0.29) is 46.8 Å². The predicted octanol–water partition coefficient (Wildman–Crippen LogP) is 3.68. The molecule has 3 atom stereocenters. The predicted molar refractivity (Wildman–Crippen MR) is 128 cm³/mol. The van der Waals surface area contributed by atoms with E-state index in [1.807, 2.05) is 27.7 Å². The first-order chi connectivity index (χ1) is 14.7. The maximum Gasteiger partial charge on any atom is 0.331 e. The number of hydrogen-bond acceptors (Lipinski definition) is 4. The van der Waals surface area contributed by atoms with Crippen LogP contribution in [-0.2, 0) is 14.4 Å². The Kier molecular flexibility index (Phi) is 10.4. The van der Waals surface area contributed by atoms with Crippen LogP contribution in [0.25, 0.3) is 0 Å². The number of likely N-dealkylation sites (tertiary alicyclic amines) is 1. The smallest absolute Gasteiger partial charge is 0.331 e. The first-order valence-electron chi connectivity index (χ1n) is 12.0. The van der Waals surface area contributed by atoms with Crippen molar-refractivity contribution >= 4 is 17.8 Å². The molecule has 2 amide bonds. The van der Waals surface area contributed by atoms with E-state index in [0.717, 1.165) is 32.2 Å². The van der Waals surface area contributed by atoms with Crippen LogP contribution in [-0.4, -0.2) is 69.9 Å². The zero-order valence-corrected chi connectivity index (χ0v) is 21.6. The number of nitrogens with one attached hydrogen (secondary N) is 1. The van der Waals surface area contributed by atoms with E-state index in [0.29, 0.717) is 0 Å². The highest BCUT2D eigenvalue weighted by molar-refractivity contribution is 5.90. The summed E-state index contributed by atoms with van der Waals surface area (Å²) in [6, 6.07) is -1.28. The van der Waals surface area contributed by atoms with Gasteiger partial charge in [-0.05, 0) is 58.4 Å². The Morgan fingerprint density at radius 1 is 1.16 bits per heavy atom. The van der Waals surface area contributed by atoms with Crippen LogP contribution >= 0.6 is 0 Å². The van der Waals surface area contributed by atoms with Gasteiger partial charge < -0.3 is 15.3 Å². The van der Waals surface area contributed by atoms with Gasteiger partial charge in [-0.15, -0.1) is 0 Å². The molecule has 7 heteroatoms. The van der Waals surface area contributed by atoms with Crippen LogP contribution in [0, 0.1) is 11.8 Å². The van der Waals surface area contributed by atoms with Gasteiger partial charge in [-0.3, -0.25) is 14.5 Å². The van der Waals surface area contributed by atoms with Gasteiger partial charge >= 0.3 is 5.97 Å². The molecule has 0 aliphatic carbocycles. The molecule has 0 aromatic heterocycles. The molecule has 2 N–H and O–H groups in total. The summed E-state index contributed by atoms with van der Waals surface area (Å²) >= 11 is 0. The van der Waals surface area contributed by atoms with Crippen molar-refractivity contribution in [2.24, 2.45) is 11.8 Å². The first-order valence-corrected chi connectivity index (χ1v) is 12.0. The molecule has 1 heterocycles. The maximum absolute atomic E-state index is 13.5. The van der Waals surface area contributed by atoms with E-state index < -0.39 is 12.0 Å². The summed E-state index contributed by atoms with van der Waals surface area (Å²) in [5.41, 5.74) is 0.117. The number of carbonyl (C=O) groups excluding carboxylic acids is 2. The second-order valence-corrected chi connectivity index (χ2v) is 10.4. The molecule has 184 valence electrons. The standard InChI is InChI=1S/C25H45N3O4/c1-10-25(7,8)28-14-12-11-13-19(28)22(29)26-21(17(4)5)23(30)27(9)20(16(2)3)15-18(6)24(31)32/h15-17,19-21H,10-14H2,1-9H3,(H,26,29)(H,31,32)/t19-,20-,21+/m1/s1. The molecule has 1 aliphatic rings. The van der Waals surface area contributed by atoms with Gasteiger partial charge in [0, 0.05) is 18.2 Å². The maximum atomic E-state index is 13.5. The molecule has 0 spiro atoms. The minimum atomic E-state index is -0.999. The minimum absolute atomic E-state index is 0.0287. The summed E-state index contributed by atoms with van der Waals surface area (Å²) in [4.78, 5) is 42.0. The van der Waals surface area contributed by atoms with E-state index in [1.54, 1.807) is 18.0 Å². The number of amides is 2. The zero-order chi connectivity index (χ0) is 24.8. The van der Waals surface area contributed by atoms with Crippen LogP contribution in [0.3, 0.4) is 0 Å². The highest BCUT2D eigenvalue weighted by Gasteiger charge is 2.39. The van der Waals surface area contributed by atoms with E-state index in [1.165, 1.54) is 6.92 Å². The van der Waals surface area contributed by atoms with Crippen molar-refractivity contribution in [2.75, 3.05) is 13.6 Å². The highest BCUT2D eigenvalue weighted by Crippen LogP contribution is 2.28. The topological polar surface area (TPSA) is 90.0 Å². The molecule has 0 unspecified atom stereocenters. The van der Waals surface area contributed by atoms with Gasteiger partial charge in [-0.25, -0.2) is 4.79 Å². The summed E-state index contributed by atoms with van der Waals surface area (Å²) in [6.45, 7) is 16.6. The number of carbonyl (C=O) groups is 3. The number of carboxylic acid groups (broad SMARTS) is 1. The van der Waals surface area contributed by atoms with Crippen molar-refractivity contribution in [3.05, 3.63) is 11.6 Å².